The highest BCUT2D eigenvalue weighted by molar-refractivity contribution is 6.14. The summed E-state index contributed by atoms with van der Waals surface area (Å²) in [6.45, 7) is 2.09. The Morgan fingerprint density at radius 2 is 2.19 bits per heavy atom. The summed E-state index contributed by atoms with van der Waals surface area (Å²) >= 11 is 0. The van der Waals surface area contributed by atoms with Crippen molar-refractivity contribution in [2.75, 3.05) is 11.9 Å². The molecule has 0 radical (unpaired) electrons. The van der Waals surface area contributed by atoms with Crippen molar-refractivity contribution in [3.05, 3.63) is 52.5 Å². The van der Waals surface area contributed by atoms with Gasteiger partial charge in [-0.15, -0.1) is 5.10 Å². The summed E-state index contributed by atoms with van der Waals surface area (Å²) in [5.41, 5.74) is 7.75. The number of H-pyrrole nitrogens is 1. The van der Waals surface area contributed by atoms with Gasteiger partial charge in [-0.05, 0) is 18.9 Å². The van der Waals surface area contributed by atoms with Crippen molar-refractivity contribution in [2.24, 2.45) is 5.73 Å². The van der Waals surface area contributed by atoms with Crippen molar-refractivity contribution in [2.45, 2.75) is 31.6 Å². The van der Waals surface area contributed by atoms with E-state index in [2.05, 4.69) is 23.2 Å². The van der Waals surface area contributed by atoms with E-state index in [0.29, 0.717) is 12.0 Å². The van der Waals surface area contributed by atoms with Crippen LogP contribution in [0.1, 0.15) is 36.6 Å². The first-order valence-electron chi connectivity index (χ1n) is 8.60. The number of hydrogen-bond acceptors (Lipinski definition) is 5. The van der Waals surface area contributed by atoms with Crippen LogP contribution in [0, 0.1) is 11.3 Å². The number of fused-ring (bicyclic) bond motifs is 4. The molecule has 0 unspecified atom stereocenters. The number of carbonyl (C=O) groups excluding carboxylic acids is 1. The number of para-hydroxylation sites is 1. The summed E-state index contributed by atoms with van der Waals surface area (Å²) in [5, 5.41) is 17.1. The van der Waals surface area contributed by atoms with Gasteiger partial charge >= 0.3 is 0 Å². The molecule has 1 aromatic heterocycles. The van der Waals surface area contributed by atoms with E-state index in [-0.39, 0.29) is 23.2 Å². The van der Waals surface area contributed by atoms with Gasteiger partial charge in [-0.2, -0.15) is 5.26 Å². The molecular formula is C19H19N5O2. The number of nitrogens with zero attached hydrogens (tertiary/aromatic N) is 3. The number of aromatic nitrogens is 2. The number of anilines is 1. The van der Waals surface area contributed by atoms with E-state index in [4.69, 9.17) is 10.5 Å². The molecule has 3 N–H and O–H groups in total. The third-order valence-electron chi connectivity index (χ3n) is 5.20. The van der Waals surface area contributed by atoms with Crippen molar-refractivity contribution in [1.82, 2.24) is 10.2 Å². The Morgan fingerprint density at radius 3 is 2.92 bits per heavy atom. The van der Waals surface area contributed by atoms with Crippen LogP contribution in [0.2, 0.25) is 0 Å². The quantitative estimate of drug-likeness (QED) is 0.882. The number of nitriles is 1. The Balaban J connectivity index is 2.09. The van der Waals surface area contributed by atoms with Crippen LogP contribution in [-0.4, -0.2) is 23.2 Å². The molecule has 0 saturated carbocycles. The molecule has 2 aliphatic heterocycles. The van der Waals surface area contributed by atoms with Crippen LogP contribution in [0.25, 0.3) is 0 Å². The second-order valence-corrected chi connectivity index (χ2v) is 6.57. The number of nitrogens with two attached hydrogens (primary N) is 1. The second kappa shape index (κ2) is 5.63. The van der Waals surface area contributed by atoms with Crippen molar-refractivity contribution < 1.29 is 9.53 Å². The van der Waals surface area contributed by atoms with E-state index in [1.165, 1.54) is 0 Å². The fraction of sp³-hybridized carbons (Fsp3) is 0.316. The predicted octanol–water partition coefficient (Wildman–Crippen LogP) is 2.10. The number of aryl methyl sites for hydroxylation is 1. The number of unbranched alkanes of at least 4 members (excludes halogenated alkanes) is 1. The number of benzene rings is 1. The molecule has 0 saturated heterocycles. The molecule has 7 nitrogen and oxygen atoms in total. The van der Waals surface area contributed by atoms with Crippen LogP contribution in [-0.2, 0) is 16.6 Å². The maximum absolute atomic E-state index is 13.5. The SMILES string of the molecule is CCCCc1[nH]nc2c1[C@@]1(C(=O)N(C)c3ccccc31)C(C#N)=C(N)O2. The molecule has 2 aromatic rings. The van der Waals surface area contributed by atoms with Crippen LogP contribution >= 0.6 is 0 Å². The number of hydrogen-bond donors (Lipinski definition) is 2. The summed E-state index contributed by atoms with van der Waals surface area (Å²) in [6, 6.07) is 9.60. The van der Waals surface area contributed by atoms with Crippen LogP contribution in [0.15, 0.2) is 35.7 Å². The van der Waals surface area contributed by atoms with Gasteiger partial charge in [0.05, 0.1) is 5.56 Å². The topological polar surface area (TPSA) is 108 Å². The third-order valence-corrected chi connectivity index (χ3v) is 5.20. The van der Waals surface area contributed by atoms with E-state index >= 15 is 0 Å². The Hall–Kier alpha value is -3.27. The van der Waals surface area contributed by atoms with Crippen LogP contribution in [0.4, 0.5) is 5.69 Å². The van der Waals surface area contributed by atoms with Gasteiger partial charge in [-0.25, -0.2) is 0 Å². The number of likely N-dealkylation sites (N-methyl/N-ethyl adjacent to an activating group) is 1. The number of rotatable bonds is 3. The molecule has 0 aliphatic carbocycles. The number of amides is 1. The predicted molar refractivity (Wildman–Crippen MR) is 95.3 cm³/mol. The standard InChI is InChI=1S/C19H19N5O2/c1-3-4-8-13-15-17(23-22-13)26-16(21)12(10-20)19(15)11-7-5-6-9-14(11)24(2)18(19)25/h5-7,9H,3-4,8,21H2,1-2H3,(H,22,23)/t19-/m0/s1. The van der Waals surface area contributed by atoms with E-state index in [1.54, 1.807) is 11.9 Å². The fourth-order valence-electron chi connectivity index (χ4n) is 4.00. The van der Waals surface area contributed by atoms with Gasteiger partial charge in [0.25, 0.3) is 0 Å². The maximum Gasteiger partial charge on any atom is 0.247 e. The highest BCUT2D eigenvalue weighted by atomic mass is 16.5. The summed E-state index contributed by atoms with van der Waals surface area (Å²) in [6.07, 6.45) is 2.63. The lowest BCUT2D eigenvalue weighted by molar-refractivity contribution is -0.120. The molecule has 3 heterocycles. The molecule has 1 atom stereocenters. The first-order valence-corrected chi connectivity index (χ1v) is 8.60. The summed E-state index contributed by atoms with van der Waals surface area (Å²) in [7, 11) is 1.71. The summed E-state index contributed by atoms with van der Waals surface area (Å²) < 4.78 is 5.60. The zero-order valence-electron chi connectivity index (χ0n) is 14.7. The minimum absolute atomic E-state index is 0.0769. The molecule has 132 valence electrons. The zero-order valence-corrected chi connectivity index (χ0v) is 14.7. The first-order chi connectivity index (χ1) is 12.6. The molecular weight excluding hydrogens is 330 g/mol. The van der Waals surface area contributed by atoms with Crippen molar-refractivity contribution in [3.63, 3.8) is 0 Å². The van der Waals surface area contributed by atoms with Gasteiger partial charge in [0.1, 0.15) is 17.1 Å². The minimum Gasteiger partial charge on any atom is -0.420 e. The van der Waals surface area contributed by atoms with Gasteiger partial charge in [0.2, 0.25) is 17.7 Å². The largest absolute Gasteiger partial charge is 0.420 e. The monoisotopic (exact) mass is 349 g/mol. The fourth-order valence-corrected chi connectivity index (χ4v) is 4.00. The lowest BCUT2D eigenvalue weighted by Crippen LogP contribution is -2.45. The second-order valence-electron chi connectivity index (χ2n) is 6.57. The van der Waals surface area contributed by atoms with E-state index < -0.39 is 5.41 Å². The van der Waals surface area contributed by atoms with Crippen molar-refractivity contribution >= 4 is 11.6 Å². The lowest BCUT2D eigenvalue weighted by Gasteiger charge is -2.32. The number of ether oxygens (including phenoxy) is 1. The molecule has 1 spiro atoms. The highest BCUT2D eigenvalue weighted by Gasteiger charge is 2.60. The molecule has 2 aliphatic rings. The van der Waals surface area contributed by atoms with Crippen LogP contribution < -0.4 is 15.4 Å². The van der Waals surface area contributed by atoms with Gasteiger partial charge in [-0.1, -0.05) is 31.5 Å². The number of carbonyl (C=O) groups is 1. The minimum atomic E-state index is -1.31. The Morgan fingerprint density at radius 1 is 1.42 bits per heavy atom. The number of aromatic amines is 1. The molecule has 26 heavy (non-hydrogen) atoms. The van der Waals surface area contributed by atoms with Gasteiger partial charge < -0.3 is 15.4 Å². The third kappa shape index (κ3) is 1.81. The van der Waals surface area contributed by atoms with Crippen molar-refractivity contribution in [3.8, 4) is 11.9 Å². The zero-order chi connectivity index (χ0) is 18.5. The van der Waals surface area contributed by atoms with Gasteiger partial charge in [0, 0.05) is 24.0 Å². The van der Waals surface area contributed by atoms with Gasteiger partial charge in [0.15, 0.2) is 0 Å². The normalized spacial score (nSPS) is 20.8. The lowest BCUT2D eigenvalue weighted by atomic mass is 9.68. The molecule has 1 aromatic carbocycles. The highest BCUT2D eigenvalue weighted by Crippen LogP contribution is 2.55. The van der Waals surface area contributed by atoms with Gasteiger partial charge in [-0.3, -0.25) is 9.89 Å². The molecule has 1 amide bonds. The average molecular weight is 349 g/mol. The van der Waals surface area contributed by atoms with E-state index in [9.17, 15) is 10.1 Å². The Bertz CT molecular complexity index is 984. The summed E-state index contributed by atoms with van der Waals surface area (Å²) in [5.74, 6) is -0.0278. The van der Waals surface area contributed by atoms with Crippen molar-refractivity contribution in [1.29, 1.82) is 5.26 Å². The summed E-state index contributed by atoms with van der Waals surface area (Å²) in [4.78, 5) is 15.1. The maximum atomic E-state index is 13.5. The van der Waals surface area contributed by atoms with E-state index in [1.807, 2.05) is 24.3 Å². The van der Waals surface area contributed by atoms with Crippen LogP contribution in [0.3, 0.4) is 0 Å². The Kier molecular flexibility index (Phi) is 3.51. The first kappa shape index (κ1) is 16.2. The average Bonchev–Trinajstić information content (AvgIpc) is 3.14. The number of nitrogens with one attached hydrogen (secondary N) is 1. The molecule has 4 rings (SSSR count). The van der Waals surface area contributed by atoms with Crippen LogP contribution in [0.5, 0.6) is 5.88 Å². The molecule has 7 heteroatoms. The Labute approximate surface area is 151 Å². The molecule has 0 fully saturated rings. The smallest absolute Gasteiger partial charge is 0.247 e. The molecule has 0 bridgehead atoms. The van der Waals surface area contributed by atoms with E-state index in [0.717, 1.165) is 29.8 Å².